The molecule has 2 nitrogen and oxygen atoms in total. The predicted molar refractivity (Wildman–Crippen MR) is 61.6 cm³/mol. The van der Waals surface area contributed by atoms with Crippen LogP contribution in [0.3, 0.4) is 0 Å². The van der Waals surface area contributed by atoms with Gasteiger partial charge >= 0.3 is 0 Å². The van der Waals surface area contributed by atoms with Crippen LogP contribution in [0.2, 0.25) is 5.02 Å². The van der Waals surface area contributed by atoms with Crippen LogP contribution in [0, 0.1) is 12.7 Å². The minimum absolute atomic E-state index is 0.0763. The number of nitrogens with zero attached hydrogens (tertiary/aromatic N) is 1. The summed E-state index contributed by atoms with van der Waals surface area (Å²) >= 11 is 6.09. The Morgan fingerprint density at radius 2 is 2.00 bits per heavy atom. The number of aryl methyl sites for hydroxylation is 1. The van der Waals surface area contributed by atoms with E-state index < -0.39 is 0 Å². The fraction of sp³-hybridized carbons (Fsp3) is 0.455. The molecule has 1 unspecified atom stereocenters. The van der Waals surface area contributed by atoms with Crippen LogP contribution in [0.5, 0.6) is 0 Å². The first-order valence-electron chi connectivity index (χ1n) is 4.76. The molecule has 0 saturated heterocycles. The molecule has 0 aliphatic rings. The van der Waals surface area contributed by atoms with Crippen molar-refractivity contribution in [2.45, 2.75) is 13.1 Å². The third-order valence-corrected chi connectivity index (χ3v) is 2.69. The normalized spacial score (nSPS) is 13.3. The van der Waals surface area contributed by atoms with Gasteiger partial charge in [-0.15, -0.1) is 0 Å². The van der Waals surface area contributed by atoms with Gasteiger partial charge in [-0.1, -0.05) is 11.6 Å². The number of hydrogen-bond acceptors (Lipinski definition) is 2. The number of halogens is 2. The molecule has 84 valence electrons. The SMILES string of the molecule is CNC(c1cc(F)c(C)cc1Cl)N(C)C. The van der Waals surface area contributed by atoms with E-state index in [0.29, 0.717) is 10.6 Å². The lowest BCUT2D eigenvalue weighted by Gasteiger charge is -2.25. The van der Waals surface area contributed by atoms with Gasteiger partial charge in [-0.25, -0.2) is 4.39 Å². The molecule has 0 aliphatic carbocycles. The fourth-order valence-corrected chi connectivity index (χ4v) is 1.88. The fourth-order valence-electron chi connectivity index (χ4n) is 1.56. The maximum Gasteiger partial charge on any atom is 0.126 e. The van der Waals surface area contributed by atoms with Crippen molar-refractivity contribution in [2.24, 2.45) is 0 Å². The van der Waals surface area contributed by atoms with Crippen LogP contribution in [0.15, 0.2) is 12.1 Å². The summed E-state index contributed by atoms with van der Waals surface area (Å²) in [6, 6.07) is 3.14. The second-order valence-corrected chi connectivity index (χ2v) is 4.18. The van der Waals surface area contributed by atoms with Gasteiger partial charge in [0.2, 0.25) is 0 Å². The summed E-state index contributed by atoms with van der Waals surface area (Å²) in [5.41, 5.74) is 1.32. The first kappa shape index (κ1) is 12.4. The topological polar surface area (TPSA) is 15.3 Å². The summed E-state index contributed by atoms with van der Waals surface area (Å²) in [6.45, 7) is 1.70. The van der Waals surface area contributed by atoms with E-state index in [4.69, 9.17) is 11.6 Å². The Morgan fingerprint density at radius 3 is 2.47 bits per heavy atom. The van der Waals surface area contributed by atoms with E-state index >= 15 is 0 Å². The molecule has 0 bridgehead atoms. The quantitative estimate of drug-likeness (QED) is 0.803. The first-order chi connectivity index (χ1) is 6.97. The highest BCUT2D eigenvalue weighted by molar-refractivity contribution is 6.31. The largest absolute Gasteiger partial charge is 0.301 e. The smallest absolute Gasteiger partial charge is 0.126 e. The number of hydrogen-bond donors (Lipinski definition) is 1. The van der Waals surface area contributed by atoms with Crippen molar-refractivity contribution in [3.8, 4) is 0 Å². The average Bonchev–Trinajstić information content (AvgIpc) is 2.14. The molecular formula is C11H16ClFN2. The van der Waals surface area contributed by atoms with Crippen LogP contribution in [0.4, 0.5) is 4.39 Å². The Balaban J connectivity index is 3.18. The number of nitrogens with one attached hydrogen (secondary N) is 1. The van der Waals surface area contributed by atoms with E-state index in [1.54, 1.807) is 13.0 Å². The Labute approximate surface area is 95.0 Å². The minimum Gasteiger partial charge on any atom is -0.301 e. The van der Waals surface area contributed by atoms with Gasteiger partial charge in [-0.2, -0.15) is 0 Å². The van der Waals surface area contributed by atoms with E-state index in [-0.39, 0.29) is 12.0 Å². The van der Waals surface area contributed by atoms with Crippen LogP contribution >= 0.6 is 11.6 Å². The molecule has 0 heterocycles. The van der Waals surface area contributed by atoms with Gasteiger partial charge in [-0.3, -0.25) is 4.90 Å². The molecule has 0 amide bonds. The highest BCUT2D eigenvalue weighted by atomic mass is 35.5. The van der Waals surface area contributed by atoms with Crippen molar-refractivity contribution in [3.63, 3.8) is 0 Å². The van der Waals surface area contributed by atoms with Crippen molar-refractivity contribution in [1.82, 2.24) is 10.2 Å². The van der Waals surface area contributed by atoms with Gasteiger partial charge in [0.15, 0.2) is 0 Å². The summed E-state index contributed by atoms with van der Waals surface area (Å²) in [7, 11) is 5.64. The third-order valence-electron chi connectivity index (χ3n) is 2.36. The molecule has 0 saturated carbocycles. The maximum atomic E-state index is 13.4. The van der Waals surface area contributed by atoms with Crippen molar-refractivity contribution >= 4 is 11.6 Å². The van der Waals surface area contributed by atoms with Crippen LogP contribution in [0.25, 0.3) is 0 Å². The maximum absolute atomic E-state index is 13.4. The second kappa shape index (κ2) is 4.92. The second-order valence-electron chi connectivity index (χ2n) is 3.78. The average molecular weight is 231 g/mol. The Kier molecular flexibility index (Phi) is 4.08. The third kappa shape index (κ3) is 2.68. The van der Waals surface area contributed by atoms with E-state index in [1.165, 1.54) is 6.07 Å². The molecule has 0 spiro atoms. The predicted octanol–water partition coefficient (Wildman–Crippen LogP) is 2.57. The van der Waals surface area contributed by atoms with E-state index in [9.17, 15) is 4.39 Å². The minimum atomic E-state index is -0.225. The van der Waals surface area contributed by atoms with Gasteiger partial charge < -0.3 is 5.32 Å². The van der Waals surface area contributed by atoms with Crippen LogP contribution < -0.4 is 5.32 Å². The zero-order valence-electron chi connectivity index (χ0n) is 9.44. The molecule has 1 aromatic carbocycles. The van der Waals surface area contributed by atoms with Crippen molar-refractivity contribution < 1.29 is 4.39 Å². The van der Waals surface area contributed by atoms with Crippen LogP contribution in [-0.4, -0.2) is 26.0 Å². The molecule has 0 aromatic heterocycles. The van der Waals surface area contributed by atoms with Crippen molar-refractivity contribution in [3.05, 3.63) is 34.1 Å². The molecule has 0 fully saturated rings. The lowest BCUT2D eigenvalue weighted by Crippen LogP contribution is -2.31. The standard InChI is InChI=1S/C11H16ClFN2/c1-7-5-9(12)8(6-10(7)13)11(14-2)15(3)4/h5-6,11,14H,1-4H3. The zero-order valence-corrected chi connectivity index (χ0v) is 10.2. The lowest BCUT2D eigenvalue weighted by molar-refractivity contribution is 0.264. The monoisotopic (exact) mass is 230 g/mol. The van der Waals surface area contributed by atoms with Gasteiger partial charge in [-0.05, 0) is 45.8 Å². The summed E-state index contributed by atoms with van der Waals surface area (Å²) < 4.78 is 13.4. The van der Waals surface area contributed by atoms with Crippen LogP contribution in [0.1, 0.15) is 17.3 Å². The van der Waals surface area contributed by atoms with E-state index in [1.807, 2.05) is 26.0 Å². The van der Waals surface area contributed by atoms with Crippen LogP contribution in [-0.2, 0) is 0 Å². The lowest BCUT2D eigenvalue weighted by atomic mass is 10.1. The number of benzene rings is 1. The van der Waals surface area contributed by atoms with Gasteiger partial charge in [0.25, 0.3) is 0 Å². The van der Waals surface area contributed by atoms with Crippen molar-refractivity contribution in [1.29, 1.82) is 0 Å². The number of rotatable bonds is 3. The van der Waals surface area contributed by atoms with E-state index in [2.05, 4.69) is 5.32 Å². The summed E-state index contributed by atoms with van der Waals surface area (Å²) in [6.07, 6.45) is -0.0763. The molecule has 1 aromatic rings. The first-order valence-corrected chi connectivity index (χ1v) is 5.14. The van der Waals surface area contributed by atoms with Gasteiger partial charge in [0, 0.05) is 10.6 Å². The molecule has 4 heteroatoms. The van der Waals surface area contributed by atoms with Gasteiger partial charge in [0.05, 0.1) is 6.17 Å². The summed E-state index contributed by atoms with van der Waals surface area (Å²) in [5.74, 6) is -0.225. The molecule has 1 rings (SSSR count). The van der Waals surface area contributed by atoms with Gasteiger partial charge in [0.1, 0.15) is 5.82 Å². The highest BCUT2D eigenvalue weighted by Gasteiger charge is 2.16. The summed E-state index contributed by atoms with van der Waals surface area (Å²) in [4.78, 5) is 1.94. The molecule has 1 N–H and O–H groups in total. The zero-order chi connectivity index (χ0) is 11.6. The molecule has 1 atom stereocenters. The van der Waals surface area contributed by atoms with E-state index in [0.717, 1.165) is 5.56 Å². The Hall–Kier alpha value is -0.640. The Morgan fingerprint density at radius 1 is 1.40 bits per heavy atom. The molecule has 0 radical (unpaired) electrons. The summed E-state index contributed by atoms with van der Waals surface area (Å²) in [5, 5.41) is 3.67. The Bertz CT molecular complexity index is 353. The van der Waals surface area contributed by atoms with Crippen molar-refractivity contribution in [2.75, 3.05) is 21.1 Å². The molecular weight excluding hydrogens is 215 g/mol. The highest BCUT2D eigenvalue weighted by Crippen LogP contribution is 2.26. The molecule has 0 aliphatic heterocycles. The molecule has 15 heavy (non-hydrogen) atoms.